The smallest absolute Gasteiger partial charge is 0.320 e. The molecule has 4 heterocycles. The highest BCUT2D eigenvalue weighted by molar-refractivity contribution is 5.97. The van der Waals surface area contributed by atoms with Crippen LogP contribution in [0.1, 0.15) is 49.4 Å². The molecule has 6 rings (SSSR count). The Hall–Kier alpha value is -2.86. The molecule has 6 heteroatoms. The molecule has 0 spiro atoms. The van der Waals surface area contributed by atoms with E-state index in [1.807, 2.05) is 0 Å². The van der Waals surface area contributed by atoms with E-state index in [1.165, 1.54) is 60.8 Å². The summed E-state index contributed by atoms with van der Waals surface area (Å²) in [5.41, 5.74) is 4.47. The molecule has 0 radical (unpaired) electrons. The Bertz CT molecular complexity index is 1180. The molecule has 3 aliphatic heterocycles. The average molecular weight is 445 g/mol. The largest absolute Gasteiger partial charge is 0.493 e. The third kappa shape index (κ3) is 3.52. The molecule has 0 amide bonds. The van der Waals surface area contributed by atoms with Crippen LogP contribution in [0.3, 0.4) is 0 Å². The van der Waals surface area contributed by atoms with E-state index in [4.69, 9.17) is 9.72 Å². The first-order chi connectivity index (χ1) is 16.2. The molecule has 2 aromatic carbocycles. The summed E-state index contributed by atoms with van der Waals surface area (Å²) < 4.78 is 6.15. The molecule has 3 aromatic rings. The Morgan fingerprint density at radius 3 is 2.61 bits per heavy atom. The summed E-state index contributed by atoms with van der Waals surface area (Å²) in [7, 11) is 0. The van der Waals surface area contributed by atoms with Gasteiger partial charge in [-0.3, -0.25) is 4.90 Å². The molecule has 172 valence electrons. The van der Waals surface area contributed by atoms with Crippen LogP contribution in [0.4, 0.5) is 5.69 Å². The average Bonchev–Trinajstić information content (AvgIpc) is 3.42. The van der Waals surface area contributed by atoms with E-state index < -0.39 is 0 Å². The van der Waals surface area contributed by atoms with Gasteiger partial charge in [-0.05, 0) is 68.6 Å². The van der Waals surface area contributed by atoms with E-state index in [9.17, 15) is 5.11 Å². The number of ether oxygens (including phenoxy) is 1. The molecule has 1 N–H and O–H groups in total. The normalized spacial score (nSPS) is 19.6. The lowest BCUT2D eigenvalue weighted by atomic mass is 9.95. The van der Waals surface area contributed by atoms with E-state index in [2.05, 4.69) is 58.1 Å². The number of anilines is 1. The number of hydrogen-bond donors (Lipinski definition) is 1. The van der Waals surface area contributed by atoms with Crippen LogP contribution in [0.15, 0.2) is 36.4 Å². The molecule has 2 saturated heterocycles. The number of aryl methyl sites for hydroxylation is 1. The van der Waals surface area contributed by atoms with Crippen molar-refractivity contribution in [1.29, 1.82) is 0 Å². The third-order valence-corrected chi connectivity index (χ3v) is 7.99. The molecule has 6 nitrogen and oxygen atoms in total. The van der Waals surface area contributed by atoms with Gasteiger partial charge < -0.3 is 14.7 Å². The number of benzene rings is 2. The van der Waals surface area contributed by atoms with Crippen LogP contribution in [-0.2, 0) is 19.4 Å². The van der Waals surface area contributed by atoms with Crippen molar-refractivity contribution in [1.82, 2.24) is 14.9 Å². The van der Waals surface area contributed by atoms with E-state index in [0.29, 0.717) is 19.2 Å². The van der Waals surface area contributed by atoms with Crippen molar-refractivity contribution in [2.75, 3.05) is 31.1 Å². The van der Waals surface area contributed by atoms with Crippen LogP contribution >= 0.6 is 0 Å². The van der Waals surface area contributed by atoms with Gasteiger partial charge in [0.2, 0.25) is 5.88 Å². The van der Waals surface area contributed by atoms with E-state index in [1.54, 1.807) is 0 Å². The lowest BCUT2D eigenvalue weighted by Crippen LogP contribution is -2.43. The summed E-state index contributed by atoms with van der Waals surface area (Å²) in [5.74, 6) is 0.0778. The van der Waals surface area contributed by atoms with Gasteiger partial charge in [0.05, 0.1) is 17.8 Å². The number of rotatable bonds is 5. The van der Waals surface area contributed by atoms with Crippen LogP contribution < -0.4 is 9.64 Å². The number of hydrogen-bond acceptors (Lipinski definition) is 6. The molecule has 1 aromatic heterocycles. The van der Waals surface area contributed by atoms with Gasteiger partial charge in [0.1, 0.15) is 6.61 Å². The molecule has 0 unspecified atom stereocenters. The molecule has 0 atom stereocenters. The van der Waals surface area contributed by atoms with Gasteiger partial charge in [-0.1, -0.05) is 37.3 Å². The molecular formula is C27H32N4O2. The maximum atomic E-state index is 10.7. The molecule has 0 bridgehead atoms. The maximum Gasteiger partial charge on any atom is 0.320 e. The summed E-state index contributed by atoms with van der Waals surface area (Å²) >= 11 is 0. The first kappa shape index (κ1) is 20.7. The zero-order valence-corrected chi connectivity index (χ0v) is 19.4. The minimum Gasteiger partial charge on any atom is -0.493 e. The first-order valence-electron chi connectivity index (χ1n) is 12.4. The highest BCUT2D eigenvalue weighted by Gasteiger charge is 2.45. The summed E-state index contributed by atoms with van der Waals surface area (Å²) in [5, 5.41) is 13.3. The molecule has 0 saturated carbocycles. The molecule has 33 heavy (non-hydrogen) atoms. The van der Waals surface area contributed by atoms with Gasteiger partial charge in [0.25, 0.3) is 0 Å². The van der Waals surface area contributed by atoms with Gasteiger partial charge in [0.15, 0.2) is 0 Å². The van der Waals surface area contributed by atoms with Crippen molar-refractivity contribution < 1.29 is 9.84 Å². The maximum absolute atomic E-state index is 10.7. The molecule has 3 aliphatic rings. The van der Waals surface area contributed by atoms with E-state index >= 15 is 0 Å². The highest BCUT2D eigenvalue weighted by atomic mass is 16.5. The Balaban J connectivity index is 1.28. The van der Waals surface area contributed by atoms with Gasteiger partial charge in [-0.25, -0.2) is 0 Å². The zero-order chi connectivity index (χ0) is 22.4. The summed E-state index contributed by atoms with van der Waals surface area (Å²) in [4.78, 5) is 14.1. The zero-order valence-electron chi connectivity index (χ0n) is 19.4. The Morgan fingerprint density at radius 2 is 1.82 bits per heavy atom. The predicted molar refractivity (Wildman–Crippen MR) is 130 cm³/mol. The van der Waals surface area contributed by atoms with Gasteiger partial charge in [0, 0.05) is 23.2 Å². The van der Waals surface area contributed by atoms with Crippen molar-refractivity contribution in [3.8, 4) is 11.9 Å². The Kier molecular flexibility index (Phi) is 5.13. The minimum atomic E-state index is 0.0778. The minimum absolute atomic E-state index is 0.0778. The summed E-state index contributed by atoms with van der Waals surface area (Å²) in [6, 6.07) is 13.4. The van der Waals surface area contributed by atoms with Crippen LogP contribution in [0.2, 0.25) is 0 Å². The second-order valence-corrected chi connectivity index (χ2v) is 9.78. The van der Waals surface area contributed by atoms with Gasteiger partial charge in [-0.15, -0.1) is 0 Å². The second kappa shape index (κ2) is 8.17. The lowest BCUT2D eigenvalue weighted by Gasteiger charge is -2.32. The van der Waals surface area contributed by atoms with Crippen LogP contribution in [0.5, 0.6) is 11.9 Å². The molecular weight excluding hydrogens is 412 g/mol. The van der Waals surface area contributed by atoms with Crippen molar-refractivity contribution in [2.24, 2.45) is 0 Å². The number of nitrogens with zero attached hydrogens (tertiary/aromatic N) is 4. The number of fused-ring (bicyclic) bond motifs is 3. The third-order valence-electron chi connectivity index (χ3n) is 7.99. The van der Waals surface area contributed by atoms with Crippen molar-refractivity contribution in [3.63, 3.8) is 0 Å². The predicted octanol–water partition coefficient (Wildman–Crippen LogP) is 4.47. The summed E-state index contributed by atoms with van der Waals surface area (Å²) in [6.45, 7) is 6.63. The first-order valence-corrected chi connectivity index (χ1v) is 12.4. The van der Waals surface area contributed by atoms with Crippen LogP contribution in [0.25, 0.3) is 10.8 Å². The monoisotopic (exact) mass is 444 g/mol. The van der Waals surface area contributed by atoms with Crippen molar-refractivity contribution in [2.45, 2.75) is 57.5 Å². The number of aromatic hydroxyl groups is 1. The van der Waals surface area contributed by atoms with Crippen LogP contribution in [-0.4, -0.2) is 51.8 Å². The van der Waals surface area contributed by atoms with Crippen molar-refractivity contribution in [3.05, 3.63) is 53.2 Å². The molecule has 0 aliphatic carbocycles. The quantitative estimate of drug-likeness (QED) is 0.627. The standard InChI is InChI=1S/C27H32N4O2/c1-2-19-7-3-8-20-9-4-10-23(24(19)20)30-16-11-21-22(17-30)28-26(29-25(21)32)33-18-27-12-5-14-31(27)15-6-13-27/h3-4,7-10H,2,5-6,11-18H2,1H3,(H,28,29,32). The Labute approximate surface area is 195 Å². The lowest BCUT2D eigenvalue weighted by molar-refractivity contribution is 0.106. The van der Waals surface area contributed by atoms with Gasteiger partial charge >= 0.3 is 6.01 Å². The fourth-order valence-corrected chi connectivity index (χ4v) is 6.27. The van der Waals surface area contributed by atoms with E-state index in [-0.39, 0.29) is 11.4 Å². The number of aromatic nitrogens is 2. The van der Waals surface area contributed by atoms with E-state index in [0.717, 1.165) is 30.6 Å². The molecule has 2 fully saturated rings. The van der Waals surface area contributed by atoms with Crippen LogP contribution in [0, 0.1) is 0 Å². The fourth-order valence-electron chi connectivity index (χ4n) is 6.27. The summed E-state index contributed by atoms with van der Waals surface area (Å²) in [6.07, 6.45) is 6.55. The topological polar surface area (TPSA) is 61.7 Å². The SMILES string of the molecule is CCc1cccc2cccc(N3CCc4c(O)nc(OCC56CCCN5CCC6)nc4C3)c12. The van der Waals surface area contributed by atoms with Crippen molar-refractivity contribution >= 4 is 16.5 Å². The highest BCUT2D eigenvalue weighted by Crippen LogP contribution is 2.39. The second-order valence-electron chi connectivity index (χ2n) is 9.78. The fraction of sp³-hybridized carbons (Fsp3) is 0.481. The van der Waals surface area contributed by atoms with Gasteiger partial charge in [-0.2, -0.15) is 9.97 Å². The Morgan fingerprint density at radius 1 is 1.03 bits per heavy atom.